The van der Waals surface area contributed by atoms with Crippen LogP contribution in [0.25, 0.3) is 16.8 Å². The third kappa shape index (κ3) is 2.88. The average molecular weight is 293 g/mol. The highest BCUT2D eigenvalue weighted by molar-refractivity contribution is 6.32. The van der Waals surface area contributed by atoms with Crippen molar-refractivity contribution in [1.82, 2.24) is 0 Å². The molecule has 3 aromatic carbocycles. The number of rotatable bonds is 3. The molecule has 0 unspecified atom stereocenters. The topological polar surface area (TPSA) is 17.1 Å². The first-order valence-corrected chi connectivity index (χ1v) is 7.08. The van der Waals surface area contributed by atoms with E-state index >= 15 is 0 Å². The molecule has 0 aliphatic rings. The van der Waals surface area contributed by atoms with Gasteiger partial charge in [0, 0.05) is 10.6 Å². The van der Waals surface area contributed by atoms with Gasteiger partial charge in [0.05, 0.1) is 0 Å². The zero-order chi connectivity index (χ0) is 14.7. The molecule has 2 heteroatoms. The third-order valence-corrected chi connectivity index (χ3v) is 3.72. The number of hydrogen-bond donors (Lipinski definition) is 0. The minimum atomic E-state index is -0.0216. The summed E-state index contributed by atoms with van der Waals surface area (Å²) in [4.78, 5) is 12.4. The van der Waals surface area contributed by atoms with Crippen LogP contribution in [0.15, 0.2) is 72.8 Å². The summed E-state index contributed by atoms with van der Waals surface area (Å²) in [6.07, 6.45) is 3.33. The molecular weight excluding hydrogens is 280 g/mol. The van der Waals surface area contributed by atoms with Gasteiger partial charge in [0.2, 0.25) is 0 Å². The monoisotopic (exact) mass is 292 g/mol. The Kier molecular flexibility index (Phi) is 3.85. The normalized spacial score (nSPS) is 11.1. The highest BCUT2D eigenvalue weighted by Gasteiger charge is 2.06. The summed E-state index contributed by atoms with van der Waals surface area (Å²) in [6, 6.07) is 21.1. The van der Waals surface area contributed by atoms with Gasteiger partial charge in [-0.15, -0.1) is 0 Å². The minimum Gasteiger partial charge on any atom is -0.289 e. The van der Waals surface area contributed by atoms with Crippen LogP contribution in [-0.4, -0.2) is 5.78 Å². The molecule has 0 saturated carbocycles. The van der Waals surface area contributed by atoms with Crippen molar-refractivity contribution >= 4 is 34.2 Å². The largest absolute Gasteiger partial charge is 0.289 e. The summed E-state index contributed by atoms with van der Waals surface area (Å²) in [5, 5.41) is 2.67. The van der Waals surface area contributed by atoms with Crippen LogP contribution in [0, 0.1) is 0 Å². The van der Waals surface area contributed by atoms with Crippen LogP contribution in [0.3, 0.4) is 0 Å². The molecule has 0 aliphatic carbocycles. The summed E-state index contributed by atoms with van der Waals surface area (Å²) >= 11 is 6.09. The first kappa shape index (κ1) is 13.6. The molecule has 0 atom stereocenters. The number of fused-ring (bicyclic) bond motifs is 1. The summed E-state index contributed by atoms with van der Waals surface area (Å²) in [5.41, 5.74) is 1.55. The van der Waals surface area contributed by atoms with E-state index < -0.39 is 0 Å². The number of hydrogen-bond acceptors (Lipinski definition) is 1. The molecule has 0 fully saturated rings. The predicted molar refractivity (Wildman–Crippen MR) is 88.8 cm³/mol. The minimum absolute atomic E-state index is 0.0216. The Morgan fingerprint density at radius 1 is 0.857 bits per heavy atom. The maximum Gasteiger partial charge on any atom is 0.186 e. The van der Waals surface area contributed by atoms with Crippen molar-refractivity contribution < 1.29 is 4.79 Å². The lowest BCUT2D eigenvalue weighted by molar-refractivity contribution is 0.104. The molecule has 0 spiro atoms. The van der Waals surface area contributed by atoms with Crippen molar-refractivity contribution in [1.29, 1.82) is 0 Å². The van der Waals surface area contributed by atoms with Gasteiger partial charge in [0.1, 0.15) is 0 Å². The van der Waals surface area contributed by atoms with Crippen LogP contribution >= 0.6 is 11.6 Å². The van der Waals surface area contributed by atoms with E-state index in [4.69, 9.17) is 11.6 Å². The SMILES string of the molecule is O=C(/C=C/c1ccccc1Cl)c1cccc2ccccc12. The lowest BCUT2D eigenvalue weighted by Gasteiger charge is -2.03. The fourth-order valence-electron chi connectivity index (χ4n) is 2.31. The molecular formula is C19H13ClO. The maximum absolute atomic E-state index is 12.4. The Morgan fingerprint density at radius 2 is 1.57 bits per heavy atom. The van der Waals surface area contributed by atoms with Crippen LogP contribution < -0.4 is 0 Å². The van der Waals surface area contributed by atoms with Crippen LogP contribution in [-0.2, 0) is 0 Å². The Bertz CT molecular complexity index is 828. The second-order valence-electron chi connectivity index (χ2n) is 4.75. The predicted octanol–water partition coefficient (Wildman–Crippen LogP) is 5.39. The van der Waals surface area contributed by atoms with Crippen molar-refractivity contribution in [3.05, 3.63) is 89.0 Å². The summed E-state index contributed by atoms with van der Waals surface area (Å²) in [6.45, 7) is 0. The van der Waals surface area contributed by atoms with Gasteiger partial charge in [0.25, 0.3) is 0 Å². The van der Waals surface area contributed by atoms with E-state index in [2.05, 4.69) is 0 Å². The van der Waals surface area contributed by atoms with E-state index in [1.165, 1.54) is 0 Å². The molecule has 102 valence electrons. The number of carbonyl (C=O) groups is 1. The first-order valence-electron chi connectivity index (χ1n) is 6.70. The van der Waals surface area contributed by atoms with Crippen molar-refractivity contribution in [2.24, 2.45) is 0 Å². The lowest BCUT2D eigenvalue weighted by atomic mass is 10.0. The van der Waals surface area contributed by atoms with Gasteiger partial charge < -0.3 is 0 Å². The molecule has 0 aromatic heterocycles. The summed E-state index contributed by atoms with van der Waals surface area (Å²) in [5.74, 6) is -0.0216. The van der Waals surface area contributed by atoms with Crippen molar-refractivity contribution in [2.45, 2.75) is 0 Å². The molecule has 0 radical (unpaired) electrons. The molecule has 0 bridgehead atoms. The van der Waals surface area contributed by atoms with Crippen LogP contribution in [0.1, 0.15) is 15.9 Å². The van der Waals surface area contributed by atoms with E-state index in [0.717, 1.165) is 16.3 Å². The second kappa shape index (κ2) is 5.94. The standard InChI is InChI=1S/C19H13ClO/c20-18-11-4-2-7-15(18)12-13-19(21)17-10-5-8-14-6-1-3-9-16(14)17/h1-13H/b13-12+. The fraction of sp³-hybridized carbons (Fsp3) is 0. The van der Waals surface area contributed by atoms with E-state index in [9.17, 15) is 4.79 Å². The number of benzene rings is 3. The van der Waals surface area contributed by atoms with Gasteiger partial charge in [-0.2, -0.15) is 0 Å². The molecule has 21 heavy (non-hydrogen) atoms. The second-order valence-corrected chi connectivity index (χ2v) is 5.15. The maximum atomic E-state index is 12.4. The molecule has 0 aliphatic heterocycles. The fourth-order valence-corrected chi connectivity index (χ4v) is 2.50. The number of ketones is 1. The van der Waals surface area contributed by atoms with Crippen LogP contribution in [0.5, 0.6) is 0 Å². The van der Waals surface area contributed by atoms with E-state index in [1.54, 1.807) is 12.2 Å². The molecule has 0 heterocycles. The third-order valence-electron chi connectivity index (χ3n) is 3.37. The number of halogens is 1. The van der Waals surface area contributed by atoms with Crippen LogP contribution in [0.4, 0.5) is 0 Å². The Labute approximate surface area is 128 Å². The van der Waals surface area contributed by atoms with Crippen molar-refractivity contribution in [3.8, 4) is 0 Å². The molecule has 0 N–H and O–H groups in total. The van der Waals surface area contributed by atoms with Gasteiger partial charge >= 0.3 is 0 Å². The lowest BCUT2D eigenvalue weighted by Crippen LogP contribution is -1.95. The van der Waals surface area contributed by atoms with Gasteiger partial charge in [0.15, 0.2) is 5.78 Å². The molecule has 3 rings (SSSR count). The first-order chi connectivity index (χ1) is 10.3. The Hall–Kier alpha value is -2.38. The Balaban J connectivity index is 1.97. The highest BCUT2D eigenvalue weighted by atomic mass is 35.5. The molecule has 1 nitrogen and oxygen atoms in total. The molecule has 3 aromatic rings. The van der Waals surface area contributed by atoms with Gasteiger partial charge in [-0.25, -0.2) is 0 Å². The molecule has 0 amide bonds. The summed E-state index contributed by atoms with van der Waals surface area (Å²) < 4.78 is 0. The highest BCUT2D eigenvalue weighted by Crippen LogP contribution is 2.21. The van der Waals surface area contributed by atoms with E-state index in [-0.39, 0.29) is 5.78 Å². The van der Waals surface area contributed by atoms with Gasteiger partial charge in [-0.1, -0.05) is 72.3 Å². The van der Waals surface area contributed by atoms with E-state index in [0.29, 0.717) is 10.6 Å². The van der Waals surface area contributed by atoms with Gasteiger partial charge in [-0.3, -0.25) is 4.79 Å². The van der Waals surface area contributed by atoms with Crippen LogP contribution in [0.2, 0.25) is 5.02 Å². The number of allylic oxidation sites excluding steroid dienone is 1. The zero-order valence-corrected chi connectivity index (χ0v) is 12.0. The summed E-state index contributed by atoms with van der Waals surface area (Å²) in [7, 11) is 0. The van der Waals surface area contributed by atoms with Crippen molar-refractivity contribution in [2.75, 3.05) is 0 Å². The zero-order valence-electron chi connectivity index (χ0n) is 11.3. The number of carbonyl (C=O) groups excluding carboxylic acids is 1. The Morgan fingerprint density at radius 3 is 2.43 bits per heavy atom. The average Bonchev–Trinajstić information content (AvgIpc) is 2.53. The van der Waals surface area contributed by atoms with E-state index in [1.807, 2.05) is 66.7 Å². The molecule has 0 saturated heterocycles. The van der Waals surface area contributed by atoms with Gasteiger partial charge in [-0.05, 0) is 34.6 Å². The smallest absolute Gasteiger partial charge is 0.186 e. The quantitative estimate of drug-likeness (QED) is 0.467. The van der Waals surface area contributed by atoms with Crippen molar-refractivity contribution in [3.63, 3.8) is 0 Å².